The van der Waals surface area contributed by atoms with Crippen LogP contribution in [0.3, 0.4) is 0 Å². The van der Waals surface area contributed by atoms with Crippen molar-refractivity contribution in [2.45, 2.75) is 13.8 Å². The first-order valence-corrected chi connectivity index (χ1v) is 12.4. The average molecular weight is 507 g/mol. The summed E-state index contributed by atoms with van der Waals surface area (Å²) in [5.74, 6) is -0.286. The third-order valence-corrected chi connectivity index (χ3v) is 5.59. The zero-order valence-electron chi connectivity index (χ0n) is 21.0. The summed E-state index contributed by atoms with van der Waals surface area (Å²) in [5, 5.41) is 9.67. The molecule has 0 saturated carbocycles. The van der Waals surface area contributed by atoms with E-state index in [1.165, 1.54) is 0 Å². The number of rotatable bonds is 8. The van der Waals surface area contributed by atoms with E-state index in [0.29, 0.717) is 23.5 Å². The van der Waals surface area contributed by atoms with Crippen molar-refractivity contribution in [2.75, 3.05) is 50.0 Å². The molecule has 37 heavy (non-hydrogen) atoms. The van der Waals surface area contributed by atoms with Crippen LogP contribution in [0.1, 0.15) is 24.4 Å². The van der Waals surface area contributed by atoms with E-state index < -0.39 is 5.82 Å². The number of ether oxygens (including phenoxy) is 1. The first-order valence-electron chi connectivity index (χ1n) is 12.4. The van der Waals surface area contributed by atoms with E-state index in [0.717, 1.165) is 44.4 Å². The Labute approximate surface area is 215 Å². The van der Waals surface area contributed by atoms with Crippen molar-refractivity contribution >= 4 is 40.0 Å². The number of morpholine rings is 1. The number of nitrogens with zero attached hydrogens (tertiary/aromatic N) is 3. The molecule has 1 aliphatic heterocycles. The van der Waals surface area contributed by atoms with Crippen LogP contribution in [-0.2, 0) is 4.74 Å². The van der Waals surface area contributed by atoms with Crippen LogP contribution in [0.15, 0.2) is 65.2 Å². The lowest BCUT2D eigenvalue weighted by Gasteiger charge is -2.26. The third kappa shape index (κ3) is 7.02. The Bertz CT molecular complexity index is 1310. The van der Waals surface area contributed by atoms with Gasteiger partial charge in [0.2, 0.25) is 5.95 Å². The number of halogens is 1. The summed E-state index contributed by atoms with van der Waals surface area (Å²) in [6.45, 7) is 8.49. The topological polar surface area (TPSA) is 105 Å². The monoisotopic (exact) mass is 506 g/mol. The number of amides is 1. The summed E-state index contributed by atoms with van der Waals surface area (Å²) in [5.41, 5.74) is 1.97. The molecular formula is C27H31FN6O3. The Morgan fingerprint density at radius 1 is 1.03 bits per heavy atom. The smallest absolute Gasteiger partial charge is 0.287 e. The van der Waals surface area contributed by atoms with Crippen molar-refractivity contribution in [3.63, 3.8) is 0 Å². The molecule has 1 amide bonds. The fourth-order valence-electron chi connectivity index (χ4n) is 3.77. The first kappa shape index (κ1) is 26.1. The van der Waals surface area contributed by atoms with E-state index in [2.05, 4.69) is 30.8 Å². The number of hydrogen-bond donors (Lipinski definition) is 3. The lowest BCUT2D eigenvalue weighted by atomic mass is 10.2. The van der Waals surface area contributed by atoms with E-state index in [-0.39, 0.29) is 23.4 Å². The molecule has 0 unspecified atom stereocenters. The zero-order valence-corrected chi connectivity index (χ0v) is 21.0. The van der Waals surface area contributed by atoms with Gasteiger partial charge < -0.3 is 25.1 Å². The highest BCUT2D eigenvalue weighted by Crippen LogP contribution is 2.25. The van der Waals surface area contributed by atoms with Gasteiger partial charge in [-0.15, -0.1) is 0 Å². The Kier molecular flexibility index (Phi) is 9.01. The quantitative estimate of drug-likeness (QED) is 0.309. The summed E-state index contributed by atoms with van der Waals surface area (Å²) >= 11 is 0. The number of nitrogens with one attached hydrogen (secondary N) is 3. The molecule has 2 aromatic carbocycles. The molecule has 5 rings (SSSR count). The van der Waals surface area contributed by atoms with Crippen LogP contribution >= 0.6 is 0 Å². The maximum Gasteiger partial charge on any atom is 0.287 e. The van der Waals surface area contributed by atoms with Gasteiger partial charge in [0.15, 0.2) is 17.4 Å². The second kappa shape index (κ2) is 12.8. The third-order valence-electron chi connectivity index (χ3n) is 5.59. The van der Waals surface area contributed by atoms with Gasteiger partial charge in [-0.05, 0) is 36.4 Å². The van der Waals surface area contributed by atoms with Gasteiger partial charge >= 0.3 is 0 Å². The fourth-order valence-corrected chi connectivity index (χ4v) is 3.77. The van der Waals surface area contributed by atoms with Crippen molar-refractivity contribution in [2.24, 2.45) is 0 Å². The van der Waals surface area contributed by atoms with Crippen molar-refractivity contribution < 1.29 is 18.3 Å². The van der Waals surface area contributed by atoms with Crippen molar-refractivity contribution in [1.29, 1.82) is 0 Å². The molecule has 0 radical (unpaired) electrons. The molecule has 4 aromatic rings. The SMILES string of the molecule is CC.O=C(NCCN1CCOCC1)c1cc2cc(Nc3ncc(F)c(Nc4ccccc4)n3)ccc2o1. The highest BCUT2D eigenvalue weighted by Gasteiger charge is 2.15. The Morgan fingerprint density at radius 2 is 1.81 bits per heavy atom. The summed E-state index contributed by atoms with van der Waals surface area (Å²) in [6.07, 6.45) is 1.11. The number of benzene rings is 2. The summed E-state index contributed by atoms with van der Waals surface area (Å²) in [4.78, 5) is 23.0. The number of aromatic nitrogens is 2. The highest BCUT2D eigenvalue weighted by molar-refractivity contribution is 5.96. The molecule has 1 saturated heterocycles. The molecule has 0 spiro atoms. The minimum atomic E-state index is -0.561. The molecule has 0 aliphatic carbocycles. The lowest BCUT2D eigenvalue weighted by molar-refractivity contribution is 0.0382. The van der Waals surface area contributed by atoms with Crippen LogP contribution in [0.25, 0.3) is 11.0 Å². The molecular weight excluding hydrogens is 475 g/mol. The second-order valence-corrected chi connectivity index (χ2v) is 8.08. The van der Waals surface area contributed by atoms with Gasteiger partial charge in [0, 0.05) is 42.9 Å². The van der Waals surface area contributed by atoms with E-state index in [1.54, 1.807) is 18.2 Å². The second-order valence-electron chi connectivity index (χ2n) is 8.08. The molecule has 3 heterocycles. The van der Waals surface area contributed by atoms with Crippen LogP contribution in [0.2, 0.25) is 0 Å². The number of para-hydroxylation sites is 1. The number of carbonyl (C=O) groups is 1. The van der Waals surface area contributed by atoms with E-state index in [9.17, 15) is 9.18 Å². The van der Waals surface area contributed by atoms with Gasteiger partial charge in [0.1, 0.15) is 5.58 Å². The maximum absolute atomic E-state index is 14.2. The average Bonchev–Trinajstić information content (AvgIpc) is 3.37. The fraction of sp³-hybridized carbons (Fsp3) is 0.296. The molecule has 0 atom stereocenters. The van der Waals surface area contributed by atoms with Crippen molar-refractivity contribution in [3.05, 3.63) is 72.4 Å². The predicted octanol–water partition coefficient (Wildman–Crippen LogP) is 4.94. The van der Waals surface area contributed by atoms with Crippen molar-refractivity contribution in [3.8, 4) is 0 Å². The van der Waals surface area contributed by atoms with Gasteiger partial charge in [-0.3, -0.25) is 9.69 Å². The van der Waals surface area contributed by atoms with E-state index in [1.807, 2.05) is 50.2 Å². The molecule has 0 bridgehead atoms. The standard InChI is InChI=1S/C25H25FN6O3.C2H6/c26-20-16-28-25(31-23(20)29-18-4-2-1-3-5-18)30-19-6-7-21-17(14-19)15-22(35-21)24(33)27-8-9-32-10-12-34-13-11-32;1-2/h1-7,14-16H,8-13H2,(H,27,33)(H2,28,29,30,31);1-2H3. The van der Waals surface area contributed by atoms with Crippen LogP contribution in [0.4, 0.5) is 27.5 Å². The highest BCUT2D eigenvalue weighted by atomic mass is 19.1. The zero-order chi connectivity index (χ0) is 26.0. The number of furan rings is 1. The molecule has 3 N–H and O–H groups in total. The van der Waals surface area contributed by atoms with Crippen molar-refractivity contribution in [1.82, 2.24) is 20.2 Å². The van der Waals surface area contributed by atoms with Gasteiger partial charge in [-0.2, -0.15) is 4.98 Å². The van der Waals surface area contributed by atoms with E-state index in [4.69, 9.17) is 9.15 Å². The van der Waals surface area contributed by atoms with Gasteiger partial charge in [-0.25, -0.2) is 9.37 Å². The summed E-state index contributed by atoms with van der Waals surface area (Å²) in [6, 6.07) is 16.3. The molecule has 194 valence electrons. The number of carbonyl (C=O) groups excluding carboxylic acids is 1. The predicted molar refractivity (Wildman–Crippen MR) is 142 cm³/mol. The number of hydrogen-bond acceptors (Lipinski definition) is 8. The molecule has 1 aliphatic rings. The van der Waals surface area contributed by atoms with E-state index >= 15 is 0 Å². The largest absolute Gasteiger partial charge is 0.451 e. The van der Waals surface area contributed by atoms with Gasteiger partial charge in [-0.1, -0.05) is 32.0 Å². The molecule has 9 nitrogen and oxygen atoms in total. The Morgan fingerprint density at radius 3 is 2.59 bits per heavy atom. The van der Waals surface area contributed by atoms with Crippen LogP contribution < -0.4 is 16.0 Å². The Balaban J connectivity index is 0.00000156. The van der Waals surface area contributed by atoms with Gasteiger partial charge in [0.25, 0.3) is 5.91 Å². The number of anilines is 4. The summed E-state index contributed by atoms with van der Waals surface area (Å²) in [7, 11) is 0. The minimum Gasteiger partial charge on any atom is -0.451 e. The minimum absolute atomic E-state index is 0.0640. The maximum atomic E-state index is 14.2. The first-order chi connectivity index (χ1) is 18.1. The normalized spacial score (nSPS) is 13.5. The lowest BCUT2D eigenvalue weighted by Crippen LogP contribution is -2.41. The van der Waals surface area contributed by atoms with Crippen LogP contribution in [0.5, 0.6) is 0 Å². The van der Waals surface area contributed by atoms with Gasteiger partial charge in [0.05, 0.1) is 19.4 Å². The summed E-state index contributed by atoms with van der Waals surface area (Å²) < 4.78 is 25.3. The Hall–Kier alpha value is -4.02. The molecule has 1 fully saturated rings. The molecule has 2 aromatic heterocycles. The van der Waals surface area contributed by atoms with Crippen LogP contribution in [0, 0.1) is 5.82 Å². The number of fused-ring (bicyclic) bond motifs is 1. The molecule has 10 heteroatoms. The van der Waals surface area contributed by atoms with Crippen LogP contribution in [-0.4, -0.2) is 60.2 Å².